The van der Waals surface area contributed by atoms with Gasteiger partial charge in [0.25, 0.3) is 0 Å². The zero-order chi connectivity index (χ0) is 17.2. The Morgan fingerprint density at radius 1 is 1.25 bits per heavy atom. The number of ether oxygens (including phenoxy) is 1. The minimum Gasteiger partial charge on any atom is -0.383 e. The van der Waals surface area contributed by atoms with E-state index < -0.39 is 0 Å². The number of hydrogen-bond donors (Lipinski definition) is 3. The number of rotatable bonds is 9. The first kappa shape index (κ1) is 18.4. The third-order valence-electron chi connectivity index (χ3n) is 4.18. The Hall–Kier alpha value is -1.92. The van der Waals surface area contributed by atoms with Crippen molar-refractivity contribution in [1.29, 1.82) is 0 Å². The topological polar surface area (TPSA) is 79.5 Å². The SMILES string of the molecule is COCCNCC(=O)NCc1cccc(NC(=O)C2CCCC2)c1. The zero-order valence-electron chi connectivity index (χ0n) is 14.3. The van der Waals surface area contributed by atoms with Crippen LogP contribution in [-0.4, -0.2) is 38.6 Å². The van der Waals surface area contributed by atoms with Crippen LogP contribution < -0.4 is 16.0 Å². The van der Waals surface area contributed by atoms with Gasteiger partial charge in [0, 0.05) is 31.8 Å². The highest BCUT2D eigenvalue weighted by Crippen LogP contribution is 2.26. The Morgan fingerprint density at radius 3 is 2.79 bits per heavy atom. The van der Waals surface area contributed by atoms with Crippen molar-refractivity contribution in [1.82, 2.24) is 10.6 Å². The van der Waals surface area contributed by atoms with Gasteiger partial charge in [0.2, 0.25) is 11.8 Å². The van der Waals surface area contributed by atoms with Crippen LogP contribution in [0.1, 0.15) is 31.2 Å². The number of nitrogens with one attached hydrogen (secondary N) is 3. The van der Waals surface area contributed by atoms with E-state index in [1.54, 1.807) is 7.11 Å². The molecule has 0 heterocycles. The van der Waals surface area contributed by atoms with E-state index in [4.69, 9.17) is 4.74 Å². The molecule has 24 heavy (non-hydrogen) atoms. The number of hydrogen-bond acceptors (Lipinski definition) is 4. The molecule has 2 amide bonds. The van der Waals surface area contributed by atoms with Crippen LogP contribution in [0.5, 0.6) is 0 Å². The van der Waals surface area contributed by atoms with E-state index in [2.05, 4.69) is 16.0 Å². The summed E-state index contributed by atoms with van der Waals surface area (Å²) in [5.74, 6) is 0.189. The molecule has 0 spiro atoms. The molecule has 0 unspecified atom stereocenters. The molecule has 0 aliphatic heterocycles. The molecule has 6 heteroatoms. The van der Waals surface area contributed by atoms with Crippen molar-refractivity contribution in [3.63, 3.8) is 0 Å². The maximum Gasteiger partial charge on any atom is 0.234 e. The van der Waals surface area contributed by atoms with Gasteiger partial charge in [-0.3, -0.25) is 9.59 Å². The molecule has 1 aliphatic rings. The van der Waals surface area contributed by atoms with Gasteiger partial charge in [-0.25, -0.2) is 0 Å². The fraction of sp³-hybridized carbons (Fsp3) is 0.556. The van der Waals surface area contributed by atoms with Crippen LogP contribution in [-0.2, 0) is 20.9 Å². The standard InChI is InChI=1S/C18H27N3O3/c1-24-10-9-19-13-17(22)20-12-14-5-4-8-16(11-14)21-18(23)15-6-2-3-7-15/h4-5,8,11,15,19H,2-3,6-7,9-10,12-13H2,1H3,(H,20,22)(H,21,23). The average molecular weight is 333 g/mol. The maximum atomic E-state index is 12.2. The van der Waals surface area contributed by atoms with Crippen LogP contribution in [0.3, 0.4) is 0 Å². The third-order valence-corrected chi connectivity index (χ3v) is 4.18. The molecule has 1 aliphatic carbocycles. The number of carbonyl (C=O) groups excluding carboxylic acids is 2. The summed E-state index contributed by atoms with van der Waals surface area (Å²) < 4.78 is 4.91. The predicted molar refractivity (Wildman–Crippen MR) is 93.6 cm³/mol. The van der Waals surface area contributed by atoms with Gasteiger partial charge in [0.05, 0.1) is 13.2 Å². The number of amides is 2. The Kier molecular flexibility index (Phi) is 7.71. The van der Waals surface area contributed by atoms with E-state index in [0.29, 0.717) is 19.7 Å². The molecule has 3 N–H and O–H groups in total. The van der Waals surface area contributed by atoms with Crippen LogP contribution >= 0.6 is 0 Å². The van der Waals surface area contributed by atoms with Crippen molar-refractivity contribution in [3.05, 3.63) is 29.8 Å². The largest absolute Gasteiger partial charge is 0.383 e. The maximum absolute atomic E-state index is 12.2. The summed E-state index contributed by atoms with van der Waals surface area (Å²) >= 11 is 0. The Labute approximate surface area is 143 Å². The van der Waals surface area contributed by atoms with E-state index in [0.717, 1.165) is 36.9 Å². The quantitative estimate of drug-likeness (QED) is 0.601. The normalized spacial score (nSPS) is 14.5. The molecule has 0 aromatic heterocycles. The highest BCUT2D eigenvalue weighted by atomic mass is 16.5. The summed E-state index contributed by atoms with van der Waals surface area (Å²) in [5.41, 5.74) is 1.75. The number of carbonyl (C=O) groups is 2. The highest BCUT2D eigenvalue weighted by molar-refractivity contribution is 5.92. The van der Waals surface area contributed by atoms with Gasteiger partial charge in [-0.1, -0.05) is 25.0 Å². The molecule has 6 nitrogen and oxygen atoms in total. The summed E-state index contributed by atoms with van der Waals surface area (Å²) in [5, 5.41) is 8.84. The van der Waals surface area contributed by atoms with Gasteiger partial charge in [-0.05, 0) is 30.5 Å². The summed E-state index contributed by atoms with van der Waals surface area (Å²) in [7, 11) is 1.63. The van der Waals surface area contributed by atoms with E-state index in [1.807, 2.05) is 24.3 Å². The van der Waals surface area contributed by atoms with Crippen LogP contribution in [0, 0.1) is 5.92 Å². The van der Waals surface area contributed by atoms with Crippen molar-refractivity contribution in [2.75, 3.05) is 32.1 Å². The van der Waals surface area contributed by atoms with E-state index in [-0.39, 0.29) is 24.3 Å². The van der Waals surface area contributed by atoms with Crippen LogP contribution in [0.25, 0.3) is 0 Å². The lowest BCUT2D eigenvalue weighted by Gasteiger charge is -2.12. The molecule has 0 saturated heterocycles. The smallest absolute Gasteiger partial charge is 0.234 e. The van der Waals surface area contributed by atoms with Gasteiger partial charge in [-0.15, -0.1) is 0 Å². The van der Waals surface area contributed by atoms with Gasteiger partial charge in [0.1, 0.15) is 0 Å². The molecule has 0 radical (unpaired) electrons. The van der Waals surface area contributed by atoms with Gasteiger partial charge in [0.15, 0.2) is 0 Å². The predicted octanol–water partition coefficient (Wildman–Crippen LogP) is 1.67. The first-order valence-electron chi connectivity index (χ1n) is 8.55. The fourth-order valence-electron chi connectivity index (χ4n) is 2.83. The zero-order valence-corrected chi connectivity index (χ0v) is 14.3. The van der Waals surface area contributed by atoms with Gasteiger partial charge < -0.3 is 20.7 Å². The van der Waals surface area contributed by atoms with Crippen molar-refractivity contribution in [2.24, 2.45) is 5.92 Å². The molecule has 2 rings (SSSR count). The minimum atomic E-state index is -0.0634. The molecule has 1 aromatic rings. The average Bonchev–Trinajstić information content (AvgIpc) is 3.12. The first-order chi connectivity index (χ1) is 11.7. The van der Waals surface area contributed by atoms with E-state index in [1.165, 1.54) is 0 Å². The molecule has 1 fully saturated rings. The molecule has 1 saturated carbocycles. The molecule has 1 aromatic carbocycles. The van der Waals surface area contributed by atoms with E-state index in [9.17, 15) is 9.59 Å². The number of benzene rings is 1. The molecular weight excluding hydrogens is 306 g/mol. The monoisotopic (exact) mass is 333 g/mol. The second kappa shape index (κ2) is 10.1. The Balaban J connectivity index is 1.75. The Morgan fingerprint density at radius 2 is 2.04 bits per heavy atom. The molecule has 132 valence electrons. The highest BCUT2D eigenvalue weighted by Gasteiger charge is 2.22. The second-order valence-corrected chi connectivity index (χ2v) is 6.12. The summed E-state index contributed by atoms with van der Waals surface area (Å²) in [6.45, 7) is 1.93. The number of methoxy groups -OCH3 is 1. The van der Waals surface area contributed by atoms with Gasteiger partial charge >= 0.3 is 0 Å². The summed E-state index contributed by atoms with van der Waals surface area (Å²) in [4.78, 5) is 23.9. The summed E-state index contributed by atoms with van der Waals surface area (Å²) in [6.07, 6.45) is 4.25. The van der Waals surface area contributed by atoms with Crippen LogP contribution in [0.4, 0.5) is 5.69 Å². The summed E-state index contributed by atoms with van der Waals surface area (Å²) in [6, 6.07) is 7.61. The molecule has 0 atom stereocenters. The van der Waals surface area contributed by atoms with Crippen molar-refractivity contribution >= 4 is 17.5 Å². The van der Waals surface area contributed by atoms with Crippen molar-refractivity contribution < 1.29 is 14.3 Å². The molecular formula is C18H27N3O3. The van der Waals surface area contributed by atoms with E-state index >= 15 is 0 Å². The van der Waals surface area contributed by atoms with Crippen LogP contribution in [0.2, 0.25) is 0 Å². The van der Waals surface area contributed by atoms with Crippen LogP contribution in [0.15, 0.2) is 24.3 Å². The minimum absolute atomic E-state index is 0.0634. The fourth-order valence-corrected chi connectivity index (χ4v) is 2.83. The number of anilines is 1. The third kappa shape index (κ3) is 6.29. The lowest BCUT2D eigenvalue weighted by molar-refractivity contribution is -0.121. The van der Waals surface area contributed by atoms with Crippen molar-refractivity contribution in [3.8, 4) is 0 Å². The second-order valence-electron chi connectivity index (χ2n) is 6.12. The van der Waals surface area contributed by atoms with Crippen molar-refractivity contribution in [2.45, 2.75) is 32.2 Å². The first-order valence-corrected chi connectivity index (χ1v) is 8.55. The van der Waals surface area contributed by atoms with Gasteiger partial charge in [-0.2, -0.15) is 0 Å². The lowest BCUT2D eigenvalue weighted by atomic mass is 10.1. The Bertz CT molecular complexity index is 542. The molecule has 0 bridgehead atoms. The lowest BCUT2D eigenvalue weighted by Crippen LogP contribution is -2.34.